The molecule has 176 valence electrons. The fourth-order valence-electron chi connectivity index (χ4n) is 3.65. The van der Waals surface area contributed by atoms with E-state index in [1.165, 1.54) is 0 Å². The van der Waals surface area contributed by atoms with Crippen molar-refractivity contribution in [2.75, 3.05) is 24.2 Å². The predicted octanol–water partition coefficient (Wildman–Crippen LogP) is 5.75. The SMILES string of the molecule is Cc1cccc(-n2nc(CC(C)C)cc2NC(=O)Nc2ccc(OC3=CCN(C)C=C3)cc2)c1. The highest BCUT2D eigenvalue weighted by molar-refractivity contribution is 5.99. The molecule has 3 aromatic rings. The van der Waals surface area contributed by atoms with Crippen LogP contribution in [0.5, 0.6) is 5.75 Å². The first-order valence-electron chi connectivity index (χ1n) is 11.5. The molecule has 1 aliphatic rings. The number of rotatable bonds is 7. The van der Waals surface area contributed by atoms with Crippen LogP contribution in [0.2, 0.25) is 0 Å². The Morgan fingerprint density at radius 3 is 2.59 bits per heavy atom. The third kappa shape index (κ3) is 6.07. The van der Waals surface area contributed by atoms with Crippen LogP contribution in [-0.2, 0) is 6.42 Å². The fourth-order valence-corrected chi connectivity index (χ4v) is 3.65. The van der Waals surface area contributed by atoms with E-state index in [1.54, 1.807) is 4.68 Å². The summed E-state index contributed by atoms with van der Waals surface area (Å²) in [5.41, 5.74) is 3.64. The lowest BCUT2D eigenvalue weighted by Gasteiger charge is -2.17. The van der Waals surface area contributed by atoms with Crippen molar-refractivity contribution in [3.8, 4) is 11.4 Å². The molecule has 7 nitrogen and oxygen atoms in total. The number of likely N-dealkylation sites (N-methyl/N-ethyl adjacent to an activating group) is 1. The van der Waals surface area contributed by atoms with Crippen molar-refractivity contribution in [3.05, 3.63) is 90.0 Å². The first-order valence-corrected chi connectivity index (χ1v) is 11.5. The third-order valence-corrected chi connectivity index (χ3v) is 5.29. The molecule has 0 spiro atoms. The first kappa shape index (κ1) is 23.2. The Morgan fingerprint density at radius 2 is 1.91 bits per heavy atom. The summed E-state index contributed by atoms with van der Waals surface area (Å²) in [6, 6.07) is 16.9. The van der Waals surface area contributed by atoms with Gasteiger partial charge in [-0.1, -0.05) is 26.0 Å². The van der Waals surface area contributed by atoms with Crippen LogP contribution in [0.3, 0.4) is 0 Å². The van der Waals surface area contributed by atoms with E-state index < -0.39 is 0 Å². The van der Waals surface area contributed by atoms with E-state index in [0.717, 1.165) is 35.7 Å². The van der Waals surface area contributed by atoms with Gasteiger partial charge in [-0.2, -0.15) is 5.10 Å². The molecule has 0 atom stereocenters. The molecule has 2 N–H and O–H groups in total. The number of allylic oxidation sites excluding steroid dienone is 1. The van der Waals surface area contributed by atoms with Gasteiger partial charge in [-0.3, -0.25) is 5.32 Å². The lowest BCUT2D eigenvalue weighted by atomic mass is 10.1. The van der Waals surface area contributed by atoms with Gasteiger partial charge in [-0.05, 0) is 73.4 Å². The maximum absolute atomic E-state index is 12.8. The van der Waals surface area contributed by atoms with Gasteiger partial charge in [0.25, 0.3) is 0 Å². The van der Waals surface area contributed by atoms with Crippen LogP contribution in [0.25, 0.3) is 5.69 Å². The van der Waals surface area contributed by atoms with E-state index >= 15 is 0 Å². The second kappa shape index (κ2) is 10.3. The summed E-state index contributed by atoms with van der Waals surface area (Å²) in [5.74, 6) is 2.60. The van der Waals surface area contributed by atoms with Gasteiger partial charge in [0.05, 0.1) is 11.4 Å². The van der Waals surface area contributed by atoms with Crippen molar-refractivity contribution in [2.24, 2.45) is 5.92 Å². The number of benzene rings is 2. The molecule has 4 rings (SSSR count). The van der Waals surface area contributed by atoms with E-state index in [-0.39, 0.29) is 6.03 Å². The second-order valence-electron chi connectivity index (χ2n) is 8.94. The summed E-state index contributed by atoms with van der Waals surface area (Å²) in [7, 11) is 2.01. The molecule has 1 aromatic heterocycles. The number of ether oxygens (including phenoxy) is 1. The third-order valence-electron chi connectivity index (χ3n) is 5.29. The van der Waals surface area contributed by atoms with Gasteiger partial charge in [0.1, 0.15) is 17.3 Å². The van der Waals surface area contributed by atoms with E-state index in [9.17, 15) is 4.79 Å². The zero-order valence-electron chi connectivity index (χ0n) is 20.1. The van der Waals surface area contributed by atoms with Crippen LogP contribution in [-0.4, -0.2) is 34.3 Å². The molecule has 0 fully saturated rings. The van der Waals surface area contributed by atoms with Gasteiger partial charge in [0.15, 0.2) is 0 Å². The summed E-state index contributed by atoms with van der Waals surface area (Å²) < 4.78 is 7.66. The number of anilines is 2. The number of hydrogen-bond donors (Lipinski definition) is 2. The van der Waals surface area contributed by atoms with Gasteiger partial charge in [0.2, 0.25) is 0 Å². The molecule has 34 heavy (non-hydrogen) atoms. The maximum Gasteiger partial charge on any atom is 0.324 e. The van der Waals surface area contributed by atoms with Crippen LogP contribution in [0.15, 0.2) is 78.7 Å². The van der Waals surface area contributed by atoms with Crippen LogP contribution in [0, 0.1) is 12.8 Å². The number of nitrogens with zero attached hydrogens (tertiary/aromatic N) is 3. The molecule has 0 bridgehead atoms. The maximum atomic E-state index is 12.8. The average molecular weight is 458 g/mol. The number of amides is 2. The minimum atomic E-state index is -0.334. The van der Waals surface area contributed by atoms with Crippen molar-refractivity contribution in [2.45, 2.75) is 27.2 Å². The van der Waals surface area contributed by atoms with Crippen molar-refractivity contribution < 1.29 is 9.53 Å². The molecular formula is C27H31N5O2. The number of hydrogen-bond acceptors (Lipinski definition) is 4. The first-order chi connectivity index (χ1) is 16.4. The lowest BCUT2D eigenvalue weighted by molar-refractivity contribution is 0.262. The minimum Gasteiger partial charge on any atom is -0.458 e. The van der Waals surface area contributed by atoms with Crippen molar-refractivity contribution >= 4 is 17.5 Å². The largest absolute Gasteiger partial charge is 0.458 e. The Kier molecular flexibility index (Phi) is 7.01. The summed E-state index contributed by atoms with van der Waals surface area (Å²) in [6.45, 7) is 7.15. The Hall–Kier alpha value is -4.00. The molecule has 2 aromatic carbocycles. The number of urea groups is 1. The number of carbonyl (C=O) groups is 1. The summed E-state index contributed by atoms with van der Waals surface area (Å²) in [5, 5.41) is 10.6. The van der Waals surface area contributed by atoms with Gasteiger partial charge >= 0.3 is 6.03 Å². The monoisotopic (exact) mass is 457 g/mol. The molecule has 0 radical (unpaired) electrons. The summed E-state index contributed by atoms with van der Waals surface area (Å²) >= 11 is 0. The second-order valence-corrected chi connectivity index (χ2v) is 8.94. The number of aryl methyl sites for hydroxylation is 1. The number of aromatic nitrogens is 2. The molecule has 2 heterocycles. The van der Waals surface area contributed by atoms with E-state index in [2.05, 4.69) is 29.4 Å². The van der Waals surface area contributed by atoms with Gasteiger partial charge in [-0.15, -0.1) is 0 Å². The highest BCUT2D eigenvalue weighted by Crippen LogP contribution is 2.22. The normalized spacial score (nSPS) is 13.1. The molecule has 0 saturated heterocycles. The Bertz CT molecular complexity index is 1210. The number of carbonyl (C=O) groups excluding carboxylic acids is 1. The van der Waals surface area contributed by atoms with Gasteiger partial charge in [0, 0.05) is 31.5 Å². The Balaban J connectivity index is 1.44. The summed E-state index contributed by atoms with van der Waals surface area (Å²) in [4.78, 5) is 14.8. The zero-order valence-corrected chi connectivity index (χ0v) is 20.1. The Labute approximate surface area is 200 Å². The molecule has 1 aliphatic heterocycles. The predicted molar refractivity (Wildman–Crippen MR) is 136 cm³/mol. The highest BCUT2D eigenvalue weighted by Gasteiger charge is 2.14. The lowest BCUT2D eigenvalue weighted by Crippen LogP contribution is -2.21. The van der Waals surface area contributed by atoms with Gasteiger partial charge < -0.3 is 15.0 Å². The molecule has 0 saturated carbocycles. The zero-order chi connectivity index (χ0) is 24.1. The standard InChI is InChI=1S/C27H31N5O2/c1-19(2)16-22-18-26(32(30-22)23-7-5-6-20(3)17-23)29-27(33)28-21-8-10-24(11-9-21)34-25-12-14-31(4)15-13-25/h5-14,17-19H,15-16H2,1-4H3,(H2,28,29,33). The van der Waals surface area contributed by atoms with Crippen molar-refractivity contribution in [1.82, 2.24) is 14.7 Å². The Morgan fingerprint density at radius 1 is 1.12 bits per heavy atom. The van der Waals surface area contributed by atoms with E-state index in [4.69, 9.17) is 9.84 Å². The van der Waals surface area contributed by atoms with Crippen LogP contribution < -0.4 is 15.4 Å². The topological polar surface area (TPSA) is 71.4 Å². The number of nitrogens with one attached hydrogen (secondary N) is 2. The van der Waals surface area contributed by atoms with Crippen molar-refractivity contribution in [1.29, 1.82) is 0 Å². The molecule has 7 heteroatoms. The van der Waals surface area contributed by atoms with Crippen LogP contribution in [0.4, 0.5) is 16.3 Å². The molecule has 0 aliphatic carbocycles. The van der Waals surface area contributed by atoms with Gasteiger partial charge in [-0.25, -0.2) is 9.48 Å². The molecular weight excluding hydrogens is 426 g/mol. The van der Waals surface area contributed by atoms with E-state index in [1.807, 2.05) is 86.9 Å². The molecule has 2 amide bonds. The highest BCUT2D eigenvalue weighted by atomic mass is 16.5. The van der Waals surface area contributed by atoms with Crippen LogP contribution >= 0.6 is 0 Å². The smallest absolute Gasteiger partial charge is 0.324 e. The van der Waals surface area contributed by atoms with E-state index in [0.29, 0.717) is 23.2 Å². The molecule has 0 unspecified atom stereocenters. The minimum absolute atomic E-state index is 0.334. The van der Waals surface area contributed by atoms with Crippen LogP contribution in [0.1, 0.15) is 25.1 Å². The fraction of sp³-hybridized carbons (Fsp3) is 0.259. The quantitative estimate of drug-likeness (QED) is 0.474. The summed E-state index contributed by atoms with van der Waals surface area (Å²) in [6.07, 6.45) is 6.75. The average Bonchev–Trinajstić information content (AvgIpc) is 3.18. The van der Waals surface area contributed by atoms with Crippen molar-refractivity contribution in [3.63, 3.8) is 0 Å².